The van der Waals surface area contributed by atoms with E-state index in [-0.39, 0.29) is 12.4 Å². The largest absolute Gasteiger partial charge is 0.376 e. The van der Waals surface area contributed by atoms with Crippen molar-refractivity contribution in [2.24, 2.45) is 11.1 Å². The maximum atomic E-state index is 5.61. The molecule has 0 bridgehead atoms. The summed E-state index contributed by atoms with van der Waals surface area (Å²) >= 11 is 0. The molecular weight excluding hydrogens is 174 g/mol. The van der Waals surface area contributed by atoms with Gasteiger partial charge >= 0.3 is 0 Å². The Morgan fingerprint density at radius 2 is 2.00 bits per heavy atom. The van der Waals surface area contributed by atoms with Gasteiger partial charge in [0.1, 0.15) is 0 Å². The maximum Gasteiger partial charge on any atom is 0.0703 e. The Bertz CT molecular complexity index is 145. The van der Waals surface area contributed by atoms with Crippen LogP contribution in [0.2, 0.25) is 0 Å². The molecule has 1 spiro atoms. The van der Waals surface area contributed by atoms with Gasteiger partial charge in [0, 0.05) is 6.54 Å². The van der Waals surface area contributed by atoms with Crippen LogP contribution in [0.1, 0.15) is 32.1 Å². The summed E-state index contributed by atoms with van der Waals surface area (Å²) in [6.07, 6.45) is 7.16. The van der Waals surface area contributed by atoms with Gasteiger partial charge in [0.25, 0.3) is 0 Å². The Morgan fingerprint density at radius 1 is 1.33 bits per heavy atom. The van der Waals surface area contributed by atoms with E-state index in [0.717, 1.165) is 6.61 Å². The van der Waals surface area contributed by atoms with E-state index in [2.05, 4.69) is 0 Å². The minimum atomic E-state index is 0. The second-order valence-electron chi connectivity index (χ2n) is 4.08. The number of hydrogen-bond donors (Lipinski definition) is 1. The zero-order chi connectivity index (χ0) is 7.73. The summed E-state index contributed by atoms with van der Waals surface area (Å²) in [7, 11) is 0. The molecule has 3 heteroatoms. The minimum absolute atomic E-state index is 0. The molecule has 1 saturated carbocycles. The van der Waals surface area contributed by atoms with Crippen molar-refractivity contribution in [2.45, 2.75) is 38.2 Å². The molecule has 12 heavy (non-hydrogen) atoms. The first-order valence-corrected chi connectivity index (χ1v) is 4.66. The summed E-state index contributed by atoms with van der Waals surface area (Å²) in [4.78, 5) is 0. The molecule has 1 heterocycles. The lowest BCUT2D eigenvalue weighted by atomic mass is 9.84. The fourth-order valence-corrected chi connectivity index (χ4v) is 2.52. The van der Waals surface area contributed by atoms with Crippen LogP contribution < -0.4 is 5.73 Å². The summed E-state index contributed by atoms with van der Waals surface area (Å²) < 4.78 is 5.61. The lowest BCUT2D eigenvalue weighted by Gasteiger charge is -2.19. The normalized spacial score (nSPS) is 32.2. The van der Waals surface area contributed by atoms with Crippen LogP contribution in [-0.2, 0) is 4.74 Å². The van der Waals surface area contributed by atoms with E-state index in [1.165, 1.54) is 32.1 Å². The second kappa shape index (κ2) is 3.95. The quantitative estimate of drug-likeness (QED) is 0.685. The van der Waals surface area contributed by atoms with Crippen LogP contribution in [0, 0.1) is 5.41 Å². The molecule has 0 amide bonds. The van der Waals surface area contributed by atoms with Gasteiger partial charge in [0.2, 0.25) is 0 Å². The van der Waals surface area contributed by atoms with Crippen LogP contribution in [0.5, 0.6) is 0 Å². The van der Waals surface area contributed by atoms with E-state index in [0.29, 0.717) is 18.1 Å². The van der Waals surface area contributed by atoms with Gasteiger partial charge in [-0.3, -0.25) is 0 Å². The van der Waals surface area contributed by atoms with Crippen molar-refractivity contribution >= 4 is 12.4 Å². The lowest BCUT2D eigenvalue weighted by Crippen LogP contribution is -2.20. The number of halogens is 1. The Hall–Kier alpha value is 0.210. The summed E-state index contributed by atoms with van der Waals surface area (Å²) in [6.45, 7) is 1.69. The third-order valence-electron chi connectivity index (χ3n) is 3.21. The van der Waals surface area contributed by atoms with Crippen molar-refractivity contribution in [1.82, 2.24) is 0 Å². The van der Waals surface area contributed by atoms with Crippen LogP contribution >= 0.6 is 12.4 Å². The van der Waals surface area contributed by atoms with Crippen molar-refractivity contribution < 1.29 is 4.74 Å². The van der Waals surface area contributed by atoms with Gasteiger partial charge in [-0.1, -0.05) is 12.8 Å². The molecule has 1 aliphatic carbocycles. The van der Waals surface area contributed by atoms with Crippen molar-refractivity contribution in [3.8, 4) is 0 Å². The first kappa shape index (κ1) is 10.3. The number of rotatable bonds is 1. The third-order valence-corrected chi connectivity index (χ3v) is 3.21. The van der Waals surface area contributed by atoms with Crippen molar-refractivity contribution in [3.63, 3.8) is 0 Å². The molecule has 0 aromatic carbocycles. The van der Waals surface area contributed by atoms with E-state index in [9.17, 15) is 0 Å². The standard InChI is InChI=1S/C9H17NO.ClH/c10-6-8-5-9(7-11-8)3-1-2-4-9;/h8H,1-7,10H2;1H. The monoisotopic (exact) mass is 191 g/mol. The van der Waals surface area contributed by atoms with Crippen molar-refractivity contribution in [3.05, 3.63) is 0 Å². The highest BCUT2D eigenvalue weighted by Crippen LogP contribution is 2.46. The first-order chi connectivity index (χ1) is 5.35. The Labute approximate surface area is 80.3 Å². The third kappa shape index (κ3) is 1.76. The molecule has 1 unspecified atom stereocenters. The molecule has 2 rings (SSSR count). The number of nitrogens with two attached hydrogens (primary N) is 1. The minimum Gasteiger partial charge on any atom is -0.376 e. The van der Waals surface area contributed by atoms with E-state index in [1.807, 2.05) is 0 Å². The average molecular weight is 192 g/mol. The zero-order valence-electron chi connectivity index (χ0n) is 7.42. The second-order valence-corrected chi connectivity index (χ2v) is 4.08. The Balaban J connectivity index is 0.000000720. The van der Waals surface area contributed by atoms with Crippen LogP contribution in [0.4, 0.5) is 0 Å². The first-order valence-electron chi connectivity index (χ1n) is 4.66. The molecule has 72 valence electrons. The summed E-state index contributed by atoms with van der Waals surface area (Å²) in [5.74, 6) is 0. The summed E-state index contributed by atoms with van der Waals surface area (Å²) in [5, 5.41) is 0. The Morgan fingerprint density at radius 3 is 2.50 bits per heavy atom. The molecule has 0 aromatic heterocycles. The predicted octanol–water partition coefficient (Wildman–Crippen LogP) is 1.72. The van der Waals surface area contributed by atoms with Crippen LogP contribution in [0.25, 0.3) is 0 Å². The molecular formula is C9H18ClNO. The van der Waals surface area contributed by atoms with E-state index in [4.69, 9.17) is 10.5 Å². The van der Waals surface area contributed by atoms with Crippen molar-refractivity contribution in [2.75, 3.05) is 13.2 Å². The topological polar surface area (TPSA) is 35.2 Å². The highest BCUT2D eigenvalue weighted by Gasteiger charge is 2.41. The molecule has 1 aliphatic heterocycles. The summed E-state index contributed by atoms with van der Waals surface area (Å²) in [6, 6.07) is 0. The van der Waals surface area contributed by atoms with Gasteiger partial charge in [-0.25, -0.2) is 0 Å². The van der Waals surface area contributed by atoms with Crippen LogP contribution in [0.15, 0.2) is 0 Å². The SMILES string of the molecule is Cl.NCC1CC2(CCCC2)CO1. The highest BCUT2D eigenvalue weighted by atomic mass is 35.5. The van der Waals surface area contributed by atoms with Gasteiger partial charge in [0.05, 0.1) is 12.7 Å². The average Bonchev–Trinajstić information content (AvgIpc) is 2.62. The fourth-order valence-electron chi connectivity index (χ4n) is 2.52. The van der Waals surface area contributed by atoms with E-state index in [1.54, 1.807) is 0 Å². The number of hydrogen-bond acceptors (Lipinski definition) is 2. The van der Waals surface area contributed by atoms with Gasteiger partial charge in [-0.2, -0.15) is 0 Å². The molecule has 2 N–H and O–H groups in total. The van der Waals surface area contributed by atoms with Crippen molar-refractivity contribution in [1.29, 1.82) is 0 Å². The van der Waals surface area contributed by atoms with Gasteiger partial charge < -0.3 is 10.5 Å². The van der Waals surface area contributed by atoms with Crippen LogP contribution in [-0.4, -0.2) is 19.3 Å². The van der Waals surface area contributed by atoms with Crippen LogP contribution in [0.3, 0.4) is 0 Å². The molecule has 1 atom stereocenters. The molecule has 2 fully saturated rings. The summed E-state index contributed by atoms with van der Waals surface area (Å²) in [5.41, 5.74) is 6.12. The number of ether oxygens (including phenoxy) is 1. The van der Waals surface area contributed by atoms with E-state index < -0.39 is 0 Å². The zero-order valence-corrected chi connectivity index (χ0v) is 8.24. The van der Waals surface area contributed by atoms with Gasteiger partial charge in [0.15, 0.2) is 0 Å². The molecule has 2 aliphatic rings. The maximum absolute atomic E-state index is 5.61. The van der Waals surface area contributed by atoms with Gasteiger partial charge in [-0.15, -0.1) is 12.4 Å². The Kier molecular flexibility index (Phi) is 3.38. The van der Waals surface area contributed by atoms with Gasteiger partial charge in [-0.05, 0) is 24.7 Å². The van der Waals surface area contributed by atoms with E-state index >= 15 is 0 Å². The smallest absolute Gasteiger partial charge is 0.0703 e. The fraction of sp³-hybridized carbons (Fsp3) is 1.00. The molecule has 2 nitrogen and oxygen atoms in total. The molecule has 1 saturated heterocycles. The predicted molar refractivity (Wildman–Crippen MR) is 51.6 cm³/mol. The molecule has 0 radical (unpaired) electrons. The highest BCUT2D eigenvalue weighted by molar-refractivity contribution is 5.85. The lowest BCUT2D eigenvalue weighted by molar-refractivity contribution is 0.100. The molecule has 0 aromatic rings.